The van der Waals surface area contributed by atoms with Gasteiger partial charge in [0.15, 0.2) is 0 Å². The Balaban J connectivity index is 2.50. The zero-order valence-corrected chi connectivity index (χ0v) is 11.2. The predicted molar refractivity (Wildman–Crippen MR) is 73.4 cm³/mol. The fourth-order valence-corrected chi connectivity index (χ4v) is 1.58. The van der Waals surface area contributed by atoms with Gasteiger partial charge >= 0.3 is 0 Å². The van der Waals surface area contributed by atoms with Crippen LogP contribution in [0.5, 0.6) is 0 Å². The molecule has 0 fully saturated rings. The van der Waals surface area contributed by atoms with Gasteiger partial charge < -0.3 is 15.5 Å². The van der Waals surface area contributed by atoms with Crippen LogP contribution in [-0.4, -0.2) is 30.2 Å². The van der Waals surface area contributed by atoms with Crippen LogP contribution in [0.2, 0.25) is 0 Å². The first-order chi connectivity index (χ1) is 8.80. The SMILES string of the molecule is CCCc1nc(NN)cc(NCCCCOC)n1. The summed E-state index contributed by atoms with van der Waals surface area (Å²) in [6.45, 7) is 3.77. The predicted octanol–water partition coefficient (Wildman–Crippen LogP) is 1.55. The third-order valence-corrected chi connectivity index (χ3v) is 2.48. The lowest BCUT2D eigenvalue weighted by Gasteiger charge is -2.09. The van der Waals surface area contributed by atoms with E-state index in [0.29, 0.717) is 5.82 Å². The largest absolute Gasteiger partial charge is 0.385 e. The molecule has 6 heteroatoms. The lowest BCUT2D eigenvalue weighted by atomic mass is 10.3. The molecule has 18 heavy (non-hydrogen) atoms. The number of hydrazine groups is 1. The molecule has 0 unspecified atom stereocenters. The van der Waals surface area contributed by atoms with Crippen LogP contribution in [0.1, 0.15) is 32.0 Å². The van der Waals surface area contributed by atoms with E-state index in [-0.39, 0.29) is 0 Å². The smallest absolute Gasteiger partial charge is 0.145 e. The van der Waals surface area contributed by atoms with Crippen molar-refractivity contribution in [3.05, 3.63) is 11.9 Å². The maximum atomic E-state index is 5.39. The van der Waals surface area contributed by atoms with Gasteiger partial charge in [0.05, 0.1) is 0 Å². The Kier molecular flexibility index (Phi) is 7.05. The van der Waals surface area contributed by atoms with Gasteiger partial charge in [0, 0.05) is 32.7 Å². The van der Waals surface area contributed by atoms with Gasteiger partial charge in [-0.1, -0.05) is 6.92 Å². The van der Waals surface area contributed by atoms with Crippen molar-refractivity contribution in [3.8, 4) is 0 Å². The number of methoxy groups -OCH3 is 1. The topological polar surface area (TPSA) is 85.1 Å². The van der Waals surface area contributed by atoms with Crippen LogP contribution >= 0.6 is 0 Å². The highest BCUT2D eigenvalue weighted by Gasteiger charge is 2.02. The highest BCUT2D eigenvalue weighted by molar-refractivity contribution is 5.46. The van der Waals surface area contributed by atoms with Crippen LogP contribution in [0.25, 0.3) is 0 Å². The number of nitrogen functional groups attached to an aromatic ring is 1. The summed E-state index contributed by atoms with van der Waals surface area (Å²) in [5.74, 6) is 7.67. The molecule has 0 aliphatic carbocycles. The summed E-state index contributed by atoms with van der Waals surface area (Å²) in [5, 5.41) is 3.27. The zero-order chi connectivity index (χ0) is 13.2. The number of hydrogen-bond acceptors (Lipinski definition) is 6. The number of aromatic nitrogens is 2. The van der Waals surface area contributed by atoms with E-state index in [0.717, 1.165) is 50.5 Å². The Bertz CT molecular complexity index is 345. The molecule has 102 valence electrons. The molecule has 0 aromatic carbocycles. The molecule has 0 aliphatic heterocycles. The molecule has 1 heterocycles. The lowest BCUT2D eigenvalue weighted by Crippen LogP contribution is -2.13. The normalized spacial score (nSPS) is 10.4. The number of aryl methyl sites for hydroxylation is 1. The van der Waals surface area contributed by atoms with Crippen molar-refractivity contribution in [1.29, 1.82) is 0 Å². The van der Waals surface area contributed by atoms with E-state index in [4.69, 9.17) is 10.6 Å². The van der Waals surface area contributed by atoms with E-state index in [1.807, 2.05) is 6.07 Å². The summed E-state index contributed by atoms with van der Waals surface area (Å²) in [4.78, 5) is 8.73. The summed E-state index contributed by atoms with van der Waals surface area (Å²) in [7, 11) is 1.72. The number of unbranched alkanes of at least 4 members (excludes halogenated alkanes) is 1. The van der Waals surface area contributed by atoms with Crippen LogP contribution < -0.4 is 16.6 Å². The Hall–Kier alpha value is -1.40. The molecule has 1 aromatic heterocycles. The van der Waals surface area contributed by atoms with Gasteiger partial charge in [-0.2, -0.15) is 0 Å². The molecule has 1 rings (SSSR count). The lowest BCUT2D eigenvalue weighted by molar-refractivity contribution is 0.194. The average molecular weight is 253 g/mol. The monoisotopic (exact) mass is 253 g/mol. The maximum absolute atomic E-state index is 5.39. The second kappa shape index (κ2) is 8.66. The first-order valence-electron chi connectivity index (χ1n) is 6.37. The third kappa shape index (κ3) is 5.29. The molecule has 0 saturated carbocycles. The van der Waals surface area contributed by atoms with Gasteiger partial charge in [-0.05, 0) is 19.3 Å². The fraction of sp³-hybridized carbons (Fsp3) is 0.667. The minimum Gasteiger partial charge on any atom is -0.385 e. The first-order valence-corrected chi connectivity index (χ1v) is 6.37. The Morgan fingerprint density at radius 2 is 2.06 bits per heavy atom. The van der Waals surface area contributed by atoms with Gasteiger partial charge in [-0.25, -0.2) is 15.8 Å². The minimum absolute atomic E-state index is 0.646. The molecule has 0 bridgehead atoms. The molecule has 0 saturated heterocycles. The van der Waals surface area contributed by atoms with Crippen molar-refractivity contribution < 1.29 is 4.74 Å². The molecule has 0 spiro atoms. The van der Waals surface area contributed by atoms with E-state index in [2.05, 4.69) is 27.6 Å². The number of anilines is 2. The van der Waals surface area contributed by atoms with Crippen LogP contribution in [0.3, 0.4) is 0 Å². The van der Waals surface area contributed by atoms with Gasteiger partial charge in [-0.15, -0.1) is 0 Å². The first kappa shape index (κ1) is 14.7. The Labute approximate surface area is 108 Å². The summed E-state index contributed by atoms with van der Waals surface area (Å²) in [6.07, 6.45) is 3.96. The summed E-state index contributed by atoms with van der Waals surface area (Å²) in [6, 6.07) is 1.81. The number of rotatable bonds is 9. The van der Waals surface area contributed by atoms with E-state index in [1.165, 1.54) is 0 Å². The van der Waals surface area contributed by atoms with Crippen molar-refractivity contribution in [3.63, 3.8) is 0 Å². The molecule has 1 aromatic rings. The van der Waals surface area contributed by atoms with E-state index < -0.39 is 0 Å². The zero-order valence-electron chi connectivity index (χ0n) is 11.2. The summed E-state index contributed by atoms with van der Waals surface area (Å²) < 4.78 is 5.00. The maximum Gasteiger partial charge on any atom is 0.145 e. The van der Waals surface area contributed by atoms with E-state index in [1.54, 1.807) is 7.11 Å². The van der Waals surface area contributed by atoms with Crippen molar-refractivity contribution in [2.75, 3.05) is 31.0 Å². The van der Waals surface area contributed by atoms with Crippen molar-refractivity contribution in [1.82, 2.24) is 9.97 Å². The summed E-state index contributed by atoms with van der Waals surface area (Å²) in [5.41, 5.74) is 2.57. The molecule has 0 radical (unpaired) electrons. The van der Waals surface area contributed by atoms with Crippen molar-refractivity contribution in [2.45, 2.75) is 32.6 Å². The standard InChI is InChI=1S/C12H23N5O/c1-3-6-10-15-11(9-12(16-10)17-13)14-7-4-5-8-18-2/h9H,3-8,13H2,1-2H3,(H2,14,15,16,17). The number of nitrogens with two attached hydrogens (primary N) is 1. The molecule has 6 nitrogen and oxygen atoms in total. The molecular weight excluding hydrogens is 230 g/mol. The molecule has 4 N–H and O–H groups in total. The van der Waals surface area contributed by atoms with E-state index >= 15 is 0 Å². The Morgan fingerprint density at radius 3 is 2.72 bits per heavy atom. The summed E-state index contributed by atoms with van der Waals surface area (Å²) >= 11 is 0. The number of ether oxygens (including phenoxy) is 1. The number of nitrogens with one attached hydrogen (secondary N) is 2. The quantitative estimate of drug-likeness (QED) is 0.352. The third-order valence-electron chi connectivity index (χ3n) is 2.48. The van der Waals surface area contributed by atoms with Gasteiger partial charge in [0.2, 0.25) is 0 Å². The van der Waals surface area contributed by atoms with Crippen molar-refractivity contribution >= 4 is 11.6 Å². The molecular formula is C12H23N5O. The molecule has 0 aliphatic rings. The molecule has 0 amide bonds. The second-order valence-corrected chi connectivity index (χ2v) is 4.08. The van der Waals surface area contributed by atoms with E-state index in [9.17, 15) is 0 Å². The molecule has 0 atom stereocenters. The van der Waals surface area contributed by atoms with Crippen LogP contribution in [0, 0.1) is 0 Å². The van der Waals surface area contributed by atoms with Crippen molar-refractivity contribution in [2.24, 2.45) is 5.84 Å². The fourth-order valence-electron chi connectivity index (χ4n) is 1.58. The van der Waals surface area contributed by atoms with Gasteiger partial charge in [0.25, 0.3) is 0 Å². The minimum atomic E-state index is 0.646. The van der Waals surface area contributed by atoms with Gasteiger partial charge in [0.1, 0.15) is 17.5 Å². The average Bonchev–Trinajstić information content (AvgIpc) is 2.38. The number of hydrogen-bond donors (Lipinski definition) is 3. The number of nitrogens with zero attached hydrogens (tertiary/aromatic N) is 2. The highest BCUT2D eigenvalue weighted by atomic mass is 16.5. The van der Waals surface area contributed by atoms with Crippen LogP contribution in [-0.2, 0) is 11.2 Å². The second-order valence-electron chi connectivity index (χ2n) is 4.08. The van der Waals surface area contributed by atoms with Gasteiger partial charge in [-0.3, -0.25) is 0 Å². The Morgan fingerprint density at radius 1 is 1.28 bits per heavy atom. The highest BCUT2D eigenvalue weighted by Crippen LogP contribution is 2.11. The van der Waals surface area contributed by atoms with Crippen LogP contribution in [0.15, 0.2) is 6.07 Å². The van der Waals surface area contributed by atoms with Crippen LogP contribution in [0.4, 0.5) is 11.6 Å².